The molecule has 0 aromatic heterocycles. The molecule has 0 radical (unpaired) electrons. The Labute approximate surface area is 89.3 Å². The average Bonchev–Trinajstić information content (AvgIpc) is 2.02. The smallest absolute Gasteiger partial charge is 0.166 e. The Hall–Kier alpha value is -0.510. The van der Waals surface area contributed by atoms with Crippen molar-refractivity contribution in [2.45, 2.75) is 19.5 Å². The van der Waals surface area contributed by atoms with Gasteiger partial charge in [-0.15, -0.1) is 0 Å². The molecule has 0 spiro atoms. The minimum Gasteiger partial charge on any atom is -0.166 e. The first-order valence-corrected chi connectivity index (χ1v) is 5.30. The number of benzene rings is 1. The van der Waals surface area contributed by atoms with Crippen LogP contribution in [0, 0.1) is 6.92 Å². The number of rotatable bonds is 2. The van der Waals surface area contributed by atoms with Gasteiger partial charge in [-0.25, -0.2) is 0 Å². The van der Waals surface area contributed by atoms with Gasteiger partial charge < -0.3 is 0 Å². The predicted molar refractivity (Wildman–Crippen MR) is 53.7 cm³/mol. The summed E-state index contributed by atoms with van der Waals surface area (Å²) in [5.74, 6) is 0. The number of aryl methyl sites for hydroxylation is 2. The van der Waals surface area contributed by atoms with Gasteiger partial charge in [0.15, 0.2) is 0 Å². The van der Waals surface area contributed by atoms with Crippen molar-refractivity contribution >= 4 is 15.9 Å². The zero-order valence-corrected chi connectivity index (χ0v) is 9.24. The van der Waals surface area contributed by atoms with Gasteiger partial charge in [0.2, 0.25) is 0 Å². The van der Waals surface area contributed by atoms with Crippen LogP contribution < -0.4 is 0 Å². The van der Waals surface area contributed by atoms with E-state index in [1.807, 2.05) is 0 Å². The normalized spacial score (nSPS) is 11.8. The molecule has 0 bridgehead atoms. The summed E-state index contributed by atoms with van der Waals surface area (Å²) < 4.78 is 37.5. The van der Waals surface area contributed by atoms with Crippen LogP contribution in [0.5, 0.6) is 0 Å². The lowest BCUT2D eigenvalue weighted by Gasteiger charge is -2.12. The summed E-state index contributed by atoms with van der Waals surface area (Å²) in [4.78, 5) is 0. The van der Waals surface area contributed by atoms with Crippen molar-refractivity contribution in [2.24, 2.45) is 0 Å². The van der Waals surface area contributed by atoms with Crippen molar-refractivity contribution in [3.8, 4) is 0 Å². The molecule has 1 aromatic carbocycles. The highest BCUT2D eigenvalue weighted by molar-refractivity contribution is 9.09. The monoisotopic (exact) mass is 266 g/mol. The molecule has 1 aromatic rings. The summed E-state index contributed by atoms with van der Waals surface area (Å²) in [6, 6.07) is 4.22. The van der Waals surface area contributed by atoms with Crippen molar-refractivity contribution in [1.29, 1.82) is 0 Å². The van der Waals surface area contributed by atoms with E-state index in [0.717, 1.165) is 11.6 Å². The summed E-state index contributed by atoms with van der Waals surface area (Å²) in [6.45, 7) is 1.79. The molecule has 4 heteroatoms. The van der Waals surface area contributed by atoms with Gasteiger partial charge >= 0.3 is 6.18 Å². The molecule has 0 nitrogen and oxygen atoms in total. The van der Waals surface area contributed by atoms with Crippen LogP contribution in [0.3, 0.4) is 0 Å². The largest absolute Gasteiger partial charge is 0.416 e. The molecule has 0 saturated heterocycles. The van der Waals surface area contributed by atoms with Gasteiger partial charge in [0.05, 0.1) is 5.56 Å². The topological polar surface area (TPSA) is 0 Å². The van der Waals surface area contributed by atoms with Crippen LogP contribution in [-0.4, -0.2) is 5.33 Å². The Balaban J connectivity index is 3.15. The fraction of sp³-hybridized carbons (Fsp3) is 0.400. The number of halogens is 4. The van der Waals surface area contributed by atoms with Gasteiger partial charge in [-0.05, 0) is 25.0 Å². The molecule has 78 valence electrons. The van der Waals surface area contributed by atoms with Crippen LogP contribution in [-0.2, 0) is 12.6 Å². The Bertz CT molecular complexity index is 318. The number of hydrogen-bond acceptors (Lipinski definition) is 0. The van der Waals surface area contributed by atoms with E-state index in [0.29, 0.717) is 17.3 Å². The first kappa shape index (κ1) is 11.6. The Morgan fingerprint density at radius 2 is 1.93 bits per heavy atom. The van der Waals surface area contributed by atoms with Crippen molar-refractivity contribution in [3.63, 3.8) is 0 Å². The van der Waals surface area contributed by atoms with Gasteiger partial charge in [-0.3, -0.25) is 0 Å². The first-order valence-electron chi connectivity index (χ1n) is 4.18. The van der Waals surface area contributed by atoms with E-state index in [-0.39, 0.29) is 0 Å². The molecule has 0 amide bonds. The standard InChI is InChI=1S/C10H10BrF3/c1-7-2-3-9(10(12,13)14)8(6-7)4-5-11/h2-3,6H,4-5H2,1H3. The molecule has 14 heavy (non-hydrogen) atoms. The van der Waals surface area contributed by atoms with Crippen LogP contribution >= 0.6 is 15.9 Å². The number of hydrogen-bond donors (Lipinski definition) is 0. The van der Waals surface area contributed by atoms with Gasteiger partial charge in [-0.2, -0.15) is 13.2 Å². The minimum absolute atomic E-state index is 0.356. The van der Waals surface area contributed by atoms with Gasteiger partial charge in [-0.1, -0.05) is 33.6 Å². The third kappa shape index (κ3) is 2.74. The summed E-state index contributed by atoms with van der Waals surface area (Å²) in [5, 5.41) is 0.541. The molecule has 0 aliphatic heterocycles. The summed E-state index contributed by atoms with van der Waals surface area (Å²) in [5.41, 5.74) is 0.686. The molecule has 0 atom stereocenters. The molecule has 0 saturated carbocycles. The molecule has 0 N–H and O–H groups in total. The van der Waals surface area contributed by atoms with Crippen LogP contribution in [0.2, 0.25) is 0 Å². The second-order valence-corrected chi connectivity index (χ2v) is 3.89. The Morgan fingerprint density at radius 1 is 1.29 bits per heavy atom. The van der Waals surface area contributed by atoms with E-state index in [4.69, 9.17) is 0 Å². The molecule has 0 aliphatic carbocycles. The molecular weight excluding hydrogens is 257 g/mol. The molecule has 0 unspecified atom stereocenters. The lowest BCUT2D eigenvalue weighted by molar-refractivity contribution is -0.138. The van der Waals surface area contributed by atoms with Crippen LogP contribution in [0.1, 0.15) is 16.7 Å². The highest BCUT2D eigenvalue weighted by Gasteiger charge is 2.32. The summed E-state index contributed by atoms with van der Waals surface area (Å²) >= 11 is 3.14. The highest BCUT2D eigenvalue weighted by atomic mass is 79.9. The maximum atomic E-state index is 12.5. The van der Waals surface area contributed by atoms with Crippen molar-refractivity contribution < 1.29 is 13.2 Å². The fourth-order valence-electron chi connectivity index (χ4n) is 1.31. The molecule has 0 heterocycles. The number of alkyl halides is 4. The van der Waals surface area contributed by atoms with E-state index < -0.39 is 11.7 Å². The predicted octanol–water partition coefficient (Wildman–Crippen LogP) is 3.95. The fourth-order valence-corrected chi connectivity index (χ4v) is 1.73. The third-order valence-electron chi connectivity index (χ3n) is 1.93. The molecule has 0 fully saturated rings. The zero-order chi connectivity index (χ0) is 10.8. The maximum absolute atomic E-state index is 12.5. The van der Waals surface area contributed by atoms with E-state index in [2.05, 4.69) is 15.9 Å². The summed E-state index contributed by atoms with van der Waals surface area (Å²) in [7, 11) is 0. The summed E-state index contributed by atoms with van der Waals surface area (Å²) in [6.07, 6.45) is -3.85. The first-order chi connectivity index (χ1) is 6.45. The van der Waals surface area contributed by atoms with Crippen LogP contribution in [0.25, 0.3) is 0 Å². The highest BCUT2D eigenvalue weighted by Crippen LogP contribution is 2.32. The second kappa shape index (κ2) is 4.34. The van der Waals surface area contributed by atoms with Gasteiger partial charge in [0.1, 0.15) is 0 Å². The van der Waals surface area contributed by atoms with Crippen LogP contribution in [0.15, 0.2) is 18.2 Å². The SMILES string of the molecule is Cc1ccc(C(F)(F)F)c(CCBr)c1. The maximum Gasteiger partial charge on any atom is 0.416 e. The quantitative estimate of drug-likeness (QED) is 0.712. The average molecular weight is 267 g/mol. The minimum atomic E-state index is -4.24. The van der Waals surface area contributed by atoms with Gasteiger partial charge in [0, 0.05) is 5.33 Å². The van der Waals surface area contributed by atoms with E-state index >= 15 is 0 Å². The van der Waals surface area contributed by atoms with Crippen molar-refractivity contribution in [2.75, 3.05) is 5.33 Å². The third-order valence-corrected chi connectivity index (χ3v) is 2.33. The molecule has 1 rings (SSSR count). The molecular formula is C10H10BrF3. The lowest BCUT2D eigenvalue weighted by atomic mass is 10.0. The second-order valence-electron chi connectivity index (χ2n) is 3.10. The van der Waals surface area contributed by atoms with Crippen molar-refractivity contribution in [3.05, 3.63) is 34.9 Å². The van der Waals surface area contributed by atoms with E-state index in [9.17, 15) is 13.2 Å². The van der Waals surface area contributed by atoms with Crippen molar-refractivity contribution in [1.82, 2.24) is 0 Å². The Morgan fingerprint density at radius 3 is 2.43 bits per heavy atom. The van der Waals surface area contributed by atoms with Crippen LogP contribution in [0.4, 0.5) is 13.2 Å². The van der Waals surface area contributed by atoms with E-state index in [1.54, 1.807) is 13.0 Å². The lowest BCUT2D eigenvalue weighted by Crippen LogP contribution is -2.09. The van der Waals surface area contributed by atoms with E-state index in [1.165, 1.54) is 6.07 Å². The molecule has 0 aliphatic rings. The Kier molecular flexibility index (Phi) is 3.59. The van der Waals surface area contributed by atoms with Gasteiger partial charge in [0.25, 0.3) is 0 Å². The zero-order valence-electron chi connectivity index (χ0n) is 7.66.